The third kappa shape index (κ3) is 4.89. The number of carbonyl (C=O) groups is 2. The molecule has 3 rings (SSSR count). The van der Waals surface area contributed by atoms with Gasteiger partial charge in [0.2, 0.25) is 5.91 Å². The van der Waals surface area contributed by atoms with Crippen LogP contribution in [0.3, 0.4) is 0 Å². The third-order valence-electron chi connectivity index (χ3n) is 6.48. The summed E-state index contributed by atoms with van der Waals surface area (Å²) in [7, 11) is 0. The van der Waals surface area contributed by atoms with Crippen LogP contribution >= 0.6 is 0 Å². The Morgan fingerprint density at radius 3 is 2.48 bits per heavy atom. The van der Waals surface area contributed by atoms with Crippen LogP contribution in [0.4, 0.5) is 0 Å². The number of aliphatic carboxylic acids is 1. The summed E-state index contributed by atoms with van der Waals surface area (Å²) in [6.45, 7) is 6.04. The molecule has 2 heterocycles. The summed E-state index contributed by atoms with van der Waals surface area (Å²) in [5.74, 6) is -0.181. The Hall–Kier alpha value is -1.88. The van der Waals surface area contributed by atoms with Crippen LogP contribution in [0, 0.1) is 11.3 Å². The summed E-state index contributed by atoms with van der Waals surface area (Å²) < 4.78 is 0. The Morgan fingerprint density at radius 2 is 1.85 bits per heavy atom. The Balaban J connectivity index is 1.47. The van der Waals surface area contributed by atoms with Crippen molar-refractivity contribution in [1.29, 1.82) is 0 Å². The molecule has 1 N–H and O–H groups in total. The Bertz CT molecular complexity index is 640. The van der Waals surface area contributed by atoms with E-state index >= 15 is 0 Å². The van der Waals surface area contributed by atoms with Crippen LogP contribution in [0.2, 0.25) is 0 Å². The molecule has 2 fully saturated rings. The number of hydrogen-bond acceptors (Lipinski definition) is 3. The van der Waals surface area contributed by atoms with E-state index in [0.717, 1.165) is 38.9 Å². The molecule has 2 aliphatic heterocycles. The molecular formula is C22H32N2O3. The van der Waals surface area contributed by atoms with Crippen molar-refractivity contribution < 1.29 is 14.7 Å². The highest BCUT2D eigenvalue weighted by molar-refractivity contribution is 5.80. The first-order valence-corrected chi connectivity index (χ1v) is 10.3. The summed E-state index contributed by atoms with van der Waals surface area (Å²) in [4.78, 5) is 28.8. The van der Waals surface area contributed by atoms with Crippen molar-refractivity contribution >= 4 is 11.9 Å². The molecule has 1 unspecified atom stereocenters. The van der Waals surface area contributed by atoms with Gasteiger partial charge in [-0.15, -0.1) is 0 Å². The number of likely N-dealkylation sites (tertiary alicyclic amines) is 2. The molecule has 1 atom stereocenters. The predicted molar refractivity (Wildman–Crippen MR) is 105 cm³/mol. The smallest absolute Gasteiger partial charge is 0.311 e. The Kier molecular flexibility index (Phi) is 6.53. The molecule has 1 aromatic rings. The number of hydrogen-bond donors (Lipinski definition) is 1. The van der Waals surface area contributed by atoms with Gasteiger partial charge in [-0.2, -0.15) is 0 Å². The molecule has 5 nitrogen and oxygen atoms in total. The highest BCUT2D eigenvalue weighted by Crippen LogP contribution is 2.34. The zero-order valence-electron chi connectivity index (χ0n) is 16.4. The molecule has 0 spiro atoms. The average Bonchev–Trinajstić information content (AvgIpc) is 2.70. The zero-order chi connectivity index (χ0) is 19.3. The van der Waals surface area contributed by atoms with Crippen LogP contribution in [0.15, 0.2) is 30.3 Å². The lowest BCUT2D eigenvalue weighted by molar-refractivity contribution is -0.155. The first kappa shape index (κ1) is 19.9. The minimum absolute atomic E-state index is 0.148. The number of carboxylic acids is 1. The van der Waals surface area contributed by atoms with Gasteiger partial charge in [0, 0.05) is 26.1 Å². The number of benzene rings is 1. The van der Waals surface area contributed by atoms with Crippen molar-refractivity contribution in [2.75, 3.05) is 26.2 Å². The van der Waals surface area contributed by atoms with Gasteiger partial charge in [0.05, 0.1) is 5.41 Å². The average molecular weight is 373 g/mol. The summed E-state index contributed by atoms with van der Waals surface area (Å²) in [5, 5.41) is 9.62. The fourth-order valence-corrected chi connectivity index (χ4v) is 4.53. The van der Waals surface area contributed by atoms with E-state index in [4.69, 9.17) is 0 Å². The lowest BCUT2D eigenvalue weighted by Crippen LogP contribution is -2.50. The normalized spacial score (nSPS) is 24.7. The van der Waals surface area contributed by atoms with Crippen LogP contribution in [-0.2, 0) is 16.1 Å². The maximum absolute atomic E-state index is 12.8. The molecule has 1 amide bonds. The molecule has 148 valence electrons. The van der Waals surface area contributed by atoms with Crippen LogP contribution < -0.4 is 0 Å². The van der Waals surface area contributed by atoms with Gasteiger partial charge in [-0.1, -0.05) is 37.3 Å². The quantitative estimate of drug-likeness (QED) is 0.831. The molecule has 5 heteroatoms. The first-order valence-electron chi connectivity index (χ1n) is 10.3. The highest BCUT2D eigenvalue weighted by Gasteiger charge is 2.42. The summed E-state index contributed by atoms with van der Waals surface area (Å²) in [6.07, 6.45) is 4.72. The van der Waals surface area contributed by atoms with Crippen molar-refractivity contribution in [2.45, 2.75) is 52.0 Å². The summed E-state index contributed by atoms with van der Waals surface area (Å²) in [5.41, 5.74) is 0.595. The Morgan fingerprint density at radius 1 is 1.15 bits per heavy atom. The van der Waals surface area contributed by atoms with Crippen LogP contribution in [0.25, 0.3) is 0 Å². The number of amides is 1. The maximum Gasteiger partial charge on any atom is 0.311 e. The summed E-state index contributed by atoms with van der Waals surface area (Å²) in [6, 6.07) is 10.5. The van der Waals surface area contributed by atoms with Crippen molar-refractivity contribution in [1.82, 2.24) is 9.80 Å². The lowest BCUT2D eigenvalue weighted by Gasteiger charge is -2.40. The van der Waals surface area contributed by atoms with E-state index in [-0.39, 0.29) is 5.91 Å². The van der Waals surface area contributed by atoms with Crippen molar-refractivity contribution in [2.24, 2.45) is 11.3 Å². The SMILES string of the molecule is CCC1(C(=O)O)CCCN(C(=O)CC2CCN(Cc3ccccc3)CC2)C1. The molecule has 2 aliphatic rings. The van der Waals surface area contributed by atoms with Crippen LogP contribution in [-0.4, -0.2) is 53.0 Å². The predicted octanol–water partition coefficient (Wildman–Crippen LogP) is 3.39. The number of carboxylic acid groups (broad SMARTS) is 1. The van der Waals surface area contributed by atoms with Crippen molar-refractivity contribution in [3.8, 4) is 0 Å². The number of piperidine rings is 2. The maximum atomic E-state index is 12.8. The van der Waals surface area contributed by atoms with E-state index in [0.29, 0.717) is 38.3 Å². The fraction of sp³-hybridized carbons (Fsp3) is 0.636. The molecule has 0 saturated carbocycles. The first-order chi connectivity index (χ1) is 13.0. The van der Waals surface area contributed by atoms with Gasteiger partial charge in [0.15, 0.2) is 0 Å². The third-order valence-corrected chi connectivity index (χ3v) is 6.48. The van der Waals surface area contributed by atoms with Gasteiger partial charge < -0.3 is 10.0 Å². The molecule has 27 heavy (non-hydrogen) atoms. The Labute approximate surface area is 162 Å². The van der Waals surface area contributed by atoms with Gasteiger partial charge in [-0.25, -0.2) is 0 Å². The molecule has 0 radical (unpaired) electrons. The second-order valence-corrected chi connectivity index (χ2v) is 8.27. The van der Waals surface area contributed by atoms with E-state index in [9.17, 15) is 14.7 Å². The van der Waals surface area contributed by atoms with Gasteiger partial charge in [-0.05, 0) is 56.7 Å². The molecule has 0 aromatic heterocycles. The number of nitrogens with zero attached hydrogens (tertiary/aromatic N) is 2. The molecular weight excluding hydrogens is 340 g/mol. The van der Waals surface area contributed by atoms with Crippen LogP contribution in [0.5, 0.6) is 0 Å². The summed E-state index contributed by atoms with van der Waals surface area (Å²) >= 11 is 0. The van der Waals surface area contributed by atoms with E-state index < -0.39 is 11.4 Å². The molecule has 2 saturated heterocycles. The van der Waals surface area contributed by atoms with E-state index in [1.165, 1.54) is 5.56 Å². The lowest BCUT2D eigenvalue weighted by atomic mass is 9.77. The van der Waals surface area contributed by atoms with E-state index in [1.54, 1.807) is 0 Å². The van der Waals surface area contributed by atoms with Crippen molar-refractivity contribution in [3.63, 3.8) is 0 Å². The highest BCUT2D eigenvalue weighted by atomic mass is 16.4. The standard InChI is InChI=1S/C22H32N2O3/c1-2-22(21(26)27)11-6-12-24(17-22)20(25)15-18-9-13-23(14-10-18)16-19-7-4-3-5-8-19/h3-5,7-8,18H,2,6,9-17H2,1H3,(H,26,27). The van der Waals surface area contributed by atoms with Gasteiger partial charge >= 0.3 is 5.97 Å². The second-order valence-electron chi connectivity index (χ2n) is 8.27. The fourth-order valence-electron chi connectivity index (χ4n) is 4.53. The second kappa shape index (κ2) is 8.87. The largest absolute Gasteiger partial charge is 0.481 e. The van der Waals surface area contributed by atoms with Crippen LogP contribution in [0.1, 0.15) is 51.0 Å². The van der Waals surface area contributed by atoms with Gasteiger partial charge in [0.1, 0.15) is 0 Å². The van der Waals surface area contributed by atoms with E-state index in [2.05, 4.69) is 29.2 Å². The number of rotatable bonds is 6. The molecule has 0 aliphatic carbocycles. The van der Waals surface area contributed by atoms with Gasteiger partial charge in [0.25, 0.3) is 0 Å². The molecule has 1 aromatic carbocycles. The topological polar surface area (TPSA) is 60.9 Å². The zero-order valence-corrected chi connectivity index (χ0v) is 16.4. The van der Waals surface area contributed by atoms with Crippen molar-refractivity contribution in [3.05, 3.63) is 35.9 Å². The monoisotopic (exact) mass is 372 g/mol. The van der Waals surface area contributed by atoms with Gasteiger partial charge in [-0.3, -0.25) is 14.5 Å². The van der Waals surface area contributed by atoms with E-state index in [1.807, 2.05) is 17.9 Å². The minimum Gasteiger partial charge on any atom is -0.481 e. The molecule has 0 bridgehead atoms. The minimum atomic E-state index is -0.753. The number of carbonyl (C=O) groups excluding carboxylic acids is 1.